The molecule has 0 radical (unpaired) electrons. The van der Waals surface area contributed by atoms with Crippen molar-refractivity contribution in [3.05, 3.63) is 64.4 Å². The topological polar surface area (TPSA) is 9.23 Å². The van der Waals surface area contributed by atoms with E-state index < -0.39 is 0 Å². The lowest BCUT2D eigenvalue weighted by Crippen LogP contribution is -1.98. The van der Waals surface area contributed by atoms with Crippen LogP contribution >= 0.6 is 11.6 Å². The molecule has 1 nitrogen and oxygen atoms in total. The van der Waals surface area contributed by atoms with E-state index in [9.17, 15) is 4.39 Å². The zero-order valence-electron chi connectivity index (χ0n) is 9.41. The van der Waals surface area contributed by atoms with Crippen molar-refractivity contribution in [3.8, 4) is 5.75 Å². The lowest BCUT2D eigenvalue weighted by Gasteiger charge is -2.11. The van der Waals surface area contributed by atoms with Gasteiger partial charge in [0.1, 0.15) is 18.2 Å². The van der Waals surface area contributed by atoms with Crippen LogP contribution in [0.5, 0.6) is 5.75 Å². The average Bonchev–Trinajstić information content (AvgIpc) is 2.29. The monoisotopic (exact) mass is 250 g/mol. The second-order valence-electron chi connectivity index (χ2n) is 3.81. The van der Waals surface area contributed by atoms with Crippen LogP contribution in [0.25, 0.3) is 0 Å². The molecule has 3 heteroatoms. The molecule has 0 bridgehead atoms. The molecule has 0 saturated heterocycles. The van der Waals surface area contributed by atoms with Crippen LogP contribution in [0.3, 0.4) is 0 Å². The normalized spacial score (nSPS) is 10.3. The van der Waals surface area contributed by atoms with Gasteiger partial charge in [-0.05, 0) is 30.2 Å². The van der Waals surface area contributed by atoms with Gasteiger partial charge < -0.3 is 4.74 Å². The third-order valence-electron chi connectivity index (χ3n) is 2.42. The van der Waals surface area contributed by atoms with Gasteiger partial charge in [0, 0.05) is 0 Å². The molecule has 88 valence electrons. The van der Waals surface area contributed by atoms with E-state index >= 15 is 0 Å². The minimum atomic E-state index is -0.348. The van der Waals surface area contributed by atoms with Gasteiger partial charge in [-0.25, -0.2) is 4.39 Å². The number of halogens is 2. The average molecular weight is 251 g/mol. The molecule has 0 amide bonds. The molecule has 0 atom stereocenters. The molecule has 0 saturated carbocycles. The first-order valence-electron chi connectivity index (χ1n) is 5.29. The summed E-state index contributed by atoms with van der Waals surface area (Å²) >= 11 is 5.94. The van der Waals surface area contributed by atoms with Crippen molar-refractivity contribution >= 4 is 11.6 Å². The van der Waals surface area contributed by atoms with Crippen molar-refractivity contribution in [1.82, 2.24) is 0 Å². The van der Waals surface area contributed by atoms with Crippen molar-refractivity contribution in [2.24, 2.45) is 0 Å². The Morgan fingerprint density at radius 3 is 2.53 bits per heavy atom. The molecule has 0 aliphatic rings. The number of benzene rings is 2. The molecule has 0 aliphatic carbocycles. The molecule has 2 aromatic carbocycles. The first-order chi connectivity index (χ1) is 8.16. The molecular formula is C14H12ClFO. The van der Waals surface area contributed by atoms with Crippen LogP contribution in [-0.2, 0) is 6.61 Å². The van der Waals surface area contributed by atoms with Crippen LogP contribution in [0.2, 0.25) is 5.02 Å². The van der Waals surface area contributed by atoms with Gasteiger partial charge in [-0.2, -0.15) is 0 Å². The molecular weight excluding hydrogens is 239 g/mol. The summed E-state index contributed by atoms with van der Waals surface area (Å²) in [6.45, 7) is 2.20. The lowest BCUT2D eigenvalue weighted by atomic mass is 10.2. The highest BCUT2D eigenvalue weighted by molar-refractivity contribution is 6.32. The van der Waals surface area contributed by atoms with Gasteiger partial charge in [0.05, 0.1) is 5.02 Å². The van der Waals surface area contributed by atoms with Gasteiger partial charge in [0.15, 0.2) is 0 Å². The summed E-state index contributed by atoms with van der Waals surface area (Å²) in [6.07, 6.45) is 0. The van der Waals surface area contributed by atoms with Gasteiger partial charge in [-0.3, -0.25) is 0 Å². The highest BCUT2D eigenvalue weighted by Gasteiger charge is 2.08. The van der Waals surface area contributed by atoms with E-state index in [1.807, 2.05) is 30.3 Å². The second kappa shape index (κ2) is 5.19. The Kier molecular flexibility index (Phi) is 3.64. The van der Waals surface area contributed by atoms with E-state index in [-0.39, 0.29) is 5.82 Å². The van der Waals surface area contributed by atoms with Crippen LogP contribution < -0.4 is 4.74 Å². The largest absolute Gasteiger partial charge is 0.487 e. The van der Waals surface area contributed by atoms with Crippen molar-refractivity contribution in [2.75, 3.05) is 0 Å². The van der Waals surface area contributed by atoms with Gasteiger partial charge in [0.2, 0.25) is 0 Å². The summed E-state index contributed by atoms with van der Waals surface area (Å²) in [7, 11) is 0. The standard InChI is InChI=1S/C14H12ClFO/c1-10-7-12(16)8-13(15)14(10)17-9-11-5-3-2-4-6-11/h2-8H,9H2,1H3. The zero-order chi connectivity index (χ0) is 12.3. The number of rotatable bonds is 3. The zero-order valence-corrected chi connectivity index (χ0v) is 10.2. The first-order valence-corrected chi connectivity index (χ1v) is 5.67. The van der Waals surface area contributed by atoms with Crippen LogP contribution in [-0.4, -0.2) is 0 Å². The molecule has 0 unspecified atom stereocenters. The van der Waals surface area contributed by atoms with Crippen molar-refractivity contribution < 1.29 is 9.13 Å². The first kappa shape index (κ1) is 11.9. The highest BCUT2D eigenvalue weighted by atomic mass is 35.5. The number of hydrogen-bond donors (Lipinski definition) is 0. The van der Waals surface area contributed by atoms with Crippen LogP contribution in [0.1, 0.15) is 11.1 Å². The summed E-state index contributed by atoms with van der Waals surface area (Å²) in [6, 6.07) is 12.4. The molecule has 0 aromatic heterocycles. The van der Waals surface area contributed by atoms with Crippen LogP contribution in [0.4, 0.5) is 4.39 Å². The second-order valence-corrected chi connectivity index (χ2v) is 4.22. The molecule has 0 spiro atoms. The third-order valence-corrected chi connectivity index (χ3v) is 2.70. The van der Waals surface area contributed by atoms with Crippen molar-refractivity contribution in [1.29, 1.82) is 0 Å². The maximum absolute atomic E-state index is 13.0. The lowest BCUT2D eigenvalue weighted by molar-refractivity contribution is 0.304. The van der Waals surface area contributed by atoms with E-state index in [1.165, 1.54) is 12.1 Å². The van der Waals surface area contributed by atoms with Gasteiger partial charge in [0.25, 0.3) is 0 Å². The van der Waals surface area contributed by atoms with Crippen molar-refractivity contribution in [3.63, 3.8) is 0 Å². The summed E-state index contributed by atoms with van der Waals surface area (Å²) in [5.41, 5.74) is 1.75. The maximum Gasteiger partial charge on any atom is 0.141 e. The molecule has 17 heavy (non-hydrogen) atoms. The fourth-order valence-corrected chi connectivity index (χ4v) is 1.91. The highest BCUT2D eigenvalue weighted by Crippen LogP contribution is 2.30. The molecule has 0 heterocycles. The van der Waals surface area contributed by atoms with E-state index in [0.717, 1.165) is 5.56 Å². The summed E-state index contributed by atoms with van der Waals surface area (Å²) in [5, 5.41) is 0.304. The Morgan fingerprint density at radius 2 is 1.88 bits per heavy atom. The van der Waals surface area contributed by atoms with E-state index in [0.29, 0.717) is 22.9 Å². The predicted octanol–water partition coefficient (Wildman–Crippen LogP) is 4.37. The molecule has 2 rings (SSSR count). The number of hydrogen-bond acceptors (Lipinski definition) is 1. The van der Waals surface area contributed by atoms with Gasteiger partial charge in [-0.15, -0.1) is 0 Å². The molecule has 0 N–H and O–H groups in total. The Hall–Kier alpha value is -1.54. The molecule has 0 fully saturated rings. The van der Waals surface area contributed by atoms with Crippen LogP contribution in [0.15, 0.2) is 42.5 Å². The molecule has 0 aliphatic heterocycles. The smallest absolute Gasteiger partial charge is 0.141 e. The third kappa shape index (κ3) is 2.98. The summed E-state index contributed by atoms with van der Waals surface area (Å²) in [4.78, 5) is 0. The maximum atomic E-state index is 13.0. The minimum Gasteiger partial charge on any atom is -0.487 e. The van der Waals surface area contributed by atoms with E-state index in [2.05, 4.69) is 0 Å². The Bertz CT molecular complexity index is 488. The Labute approximate surface area is 105 Å². The Balaban J connectivity index is 2.15. The minimum absolute atomic E-state index is 0.304. The van der Waals surface area contributed by atoms with Crippen LogP contribution in [0, 0.1) is 12.7 Å². The number of ether oxygens (including phenoxy) is 1. The predicted molar refractivity (Wildman–Crippen MR) is 66.9 cm³/mol. The van der Waals surface area contributed by atoms with E-state index in [1.54, 1.807) is 6.92 Å². The van der Waals surface area contributed by atoms with E-state index in [4.69, 9.17) is 16.3 Å². The quantitative estimate of drug-likeness (QED) is 0.786. The Morgan fingerprint density at radius 1 is 1.18 bits per heavy atom. The fraction of sp³-hybridized carbons (Fsp3) is 0.143. The van der Waals surface area contributed by atoms with Crippen molar-refractivity contribution in [2.45, 2.75) is 13.5 Å². The fourth-order valence-electron chi connectivity index (χ4n) is 1.60. The summed E-state index contributed by atoms with van der Waals surface area (Å²) in [5.74, 6) is 0.191. The summed E-state index contributed by atoms with van der Waals surface area (Å²) < 4.78 is 18.6. The SMILES string of the molecule is Cc1cc(F)cc(Cl)c1OCc1ccccc1. The molecule has 2 aromatic rings. The number of aryl methyl sites for hydroxylation is 1. The van der Waals surface area contributed by atoms with Gasteiger partial charge >= 0.3 is 0 Å². The van der Waals surface area contributed by atoms with Gasteiger partial charge in [-0.1, -0.05) is 41.9 Å².